The summed E-state index contributed by atoms with van der Waals surface area (Å²) >= 11 is 0. The summed E-state index contributed by atoms with van der Waals surface area (Å²) in [6, 6.07) is 0. The van der Waals surface area contributed by atoms with Crippen molar-refractivity contribution in [3.63, 3.8) is 0 Å². The van der Waals surface area contributed by atoms with Gasteiger partial charge >= 0.3 is 5.97 Å². The first kappa shape index (κ1) is 22.9. The fourth-order valence-electron chi connectivity index (χ4n) is 3.63. The van der Waals surface area contributed by atoms with Crippen LogP contribution < -0.4 is 0 Å². The number of carbonyl (C=O) groups is 1. The topological polar surface area (TPSA) is 66.8 Å². The van der Waals surface area contributed by atoms with Crippen LogP contribution >= 0.6 is 0 Å². The Kier molecular flexibility index (Phi) is 10.8. The summed E-state index contributed by atoms with van der Waals surface area (Å²) in [5.41, 5.74) is -0.753. The van der Waals surface area contributed by atoms with Gasteiger partial charge in [0.15, 0.2) is 0 Å². The van der Waals surface area contributed by atoms with Crippen molar-refractivity contribution in [2.24, 2.45) is 11.8 Å². The molecule has 0 saturated heterocycles. The lowest BCUT2D eigenvalue weighted by Gasteiger charge is -2.22. The molecule has 0 aromatic heterocycles. The van der Waals surface area contributed by atoms with Crippen molar-refractivity contribution >= 4 is 5.97 Å². The van der Waals surface area contributed by atoms with Gasteiger partial charge in [-0.2, -0.15) is 0 Å². The number of methoxy groups -OCH3 is 1. The molecular weight excluding hydrogens is 328 g/mol. The normalized spacial score (nSPS) is 25.8. The monoisotopic (exact) mass is 366 g/mol. The first-order valence-electron chi connectivity index (χ1n) is 10.2. The number of hydrogen-bond acceptors (Lipinski definition) is 4. The van der Waals surface area contributed by atoms with Crippen LogP contribution in [0.4, 0.5) is 0 Å². The zero-order valence-corrected chi connectivity index (χ0v) is 16.8. The minimum atomic E-state index is -0.753. The molecule has 0 spiro atoms. The van der Waals surface area contributed by atoms with Crippen LogP contribution in [0.15, 0.2) is 24.3 Å². The highest BCUT2D eigenvalue weighted by Crippen LogP contribution is 2.36. The van der Waals surface area contributed by atoms with E-state index in [1.807, 2.05) is 13.0 Å². The van der Waals surface area contributed by atoms with Crippen molar-refractivity contribution < 1.29 is 19.7 Å². The van der Waals surface area contributed by atoms with E-state index in [2.05, 4.69) is 29.9 Å². The molecule has 0 aromatic carbocycles. The molecule has 0 radical (unpaired) electrons. The van der Waals surface area contributed by atoms with Crippen LogP contribution in [0.1, 0.15) is 78.1 Å². The Balaban J connectivity index is 2.43. The minimum absolute atomic E-state index is 0.166. The van der Waals surface area contributed by atoms with Gasteiger partial charge in [-0.3, -0.25) is 4.79 Å². The van der Waals surface area contributed by atoms with Crippen molar-refractivity contribution in [3.8, 4) is 0 Å². The summed E-state index contributed by atoms with van der Waals surface area (Å²) < 4.78 is 4.63. The van der Waals surface area contributed by atoms with Crippen LogP contribution in [-0.2, 0) is 9.53 Å². The Morgan fingerprint density at radius 2 is 2.00 bits per heavy atom. The molecule has 1 rings (SSSR count). The highest BCUT2D eigenvalue weighted by molar-refractivity contribution is 5.69. The number of hydrogen-bond donors (Lipinski definition) is 2. The average molecular weight is 367 g/mol. The molecule has 4 heteroatoms. The number of rotatable bonds is 12. The molecule has 0 aromatic rings. The molecule has 0 heterocycles. The van der Waals surface area contributed by atoms with Crippen molar-refractivity contribution in [1.29, 1.82) is 0 Å². The summed E-state index contributed by atoms with van der Waals surface area (Å²) in [7, 11) is 1.41. The number of esters is 1. The van der Waals surface area contributed by atoms with E-state index in [1.54, 1.807) is 0 Å². The summed E-state index contributed by atoms with van der Waals surface area (Å²) in [5, 5.41) is 20.8. The lowest BCUT2D eigenvalue weighted by molar-refractivity contribution is -0.140. The van der Waals surface area contributed by atoms with Crippen molar-refractivity contribution in [2.75, 3.05) is 7.11 Å². The van der Waals surface area contributed by atoms with Gasteiger partial charge in [0, 0.05) is 6.42 Å². The molecule has 0 aliphatic heterocycles. The molecule has 4 atom stereocenters. The second-order valence-electron chi connectivity index (χ2n) is 7.82. The van der Waals surface area contributed by atoms with E-state index in [0.717, 1.165) is 57.8 Å². The van der Waals surface area contributed by atoms with Gasteiger partial charge < -0.3 is 14.9 Å². The summed E-state index contributed by atoms with van der Waals surface area (Å²) in [4.78, 5) is 11.1. The number of allylic oxidation sites excluding steroid dienone is 3. The SMILES string of the molecule is CCCCCC(C)(O)C=CC1CCC(O)C1CC=CCCCC(=O)OC. The fourth-order valence-corrected chi connectivity index (χ4v) is 3.63. The Morgan fingerprint density at radius 3 is 2.69 bits per heavy atom. The molecular formula is C22H38O4. The van der Waals surface area contributed by atoms with Crippen LogP contribution in [0.2, 0.25) is 0 Å². The zero-order chi connectivity index (χ0) is 19.4. The third-order valence-corrected chi connectivity index (χ3v) is 5.38. The minimum Gasteiger partial charge on any atom is -0.469 e. The highest BCUT2D eigenvalue weighted by Gasteiger charge is 2.32. The van der Waals surface area contributed by atoms with Gasteiger partial charge in [0.1, 0.15) is 0 Å². The van der Waals surface area contributed by atoms with Gasteiger partial charge in [-0.25, -0.2) is 0 Å². The first-order chi connectivity index (χ1) is 12.4. The predicted molar refractivity (Wildman–Crippen MR) is 106 cm³/mol. The number of unbranched alkanes of at least 4 members (excludes halogenated alkanes) is 3. The largest absolute Gasteiger partial charge is 0.469 e. The number of ether oxygens (including phenoxy) is 1. The third-order valence-electron chi connectivity index (χ3n) is 5.38. The lowest BCUT2D eigenvalue weighted by Crippen LogP contribution is -2.22. The van der Waals surface area contributed by atoms with E-state index >= 15 is 0 Å². The van der Waals surface area contributed by atoms with Gasteiger partial charge in [-0.15, -0.1) is 0 Å². The van der Waals surface area contributed by atoms with E-state index in [0.29, 0.717) is 12.3 Å². The average Bonchev–Trinajstić information content (AvgIpc) is 2.96. The second-order valence-corrected chi connectivity index (χ2v) is 7.82. The molecule has 1 aliphatic rings. The first-order valence-corrected chi connectivity index (χ1v) is 10.2. The molecule has 4 unspecified atom stereocenters. The molecule has 1 fully saturated rings. The van der Waals surface area contributed by atoms with Crippen LogP contribution in [-0.4, -0.2) is 35.0 Å². The summed E-state index contributed by atoms with van der Waals surface area (Å²) in [6.45, 7) is 4.04. The number of aliphatic hydroxyl groups excluding tert-OH is 1. The predicted octanol–water partition coefficient (Wildman–Crippen LogP) is 4.55. The van der Waals surface area contributed by atoms with Gasteiger partial charge in [-0.1, -0.05) is 50.5 Å². The Bertz CT molecular complexity index is 453. The Labute approximate surface area is 159 Å². The van der Waals surface area contributed by atoms with Gasteiger partial charge in [0.25, 0.3) is 0 Å². The third kappa shape index (κ3) is 9.00. The summed E-state index contributed by atoms with van der Waals surface area (Å²) in [6.07, 6.45) is 16.9. The molecule has 4 nitrogen and oxygen atoms in total. The molecule has 2 N–H and O–H groups in total. The second kappa shape index (κ2) is 12.3. The fraction of sp³-hybridized carbons (Fsp3) is 0.773. The Morgan fingerprint density at radius 1 is 1.23 bits per heavy atom. The number of carbonyl (C=O) groups excluding carboxylic acids is 1. The zero-order valence-electron chi connectivity index (χ0n) is 16.8. The van der Waals surface area contributed by atoms with E-state index in [1.165, 1.54) is 7.11 Å². The lowest BCUT2D eigenvalue weighted by atomic mass is 9.88. The van der Waals surface area contributed by atoms with Gasteiger partial charge in [0.2, 0.25) is 0 Å². The molecule has 0 amide bonds. The van der Waals surface area contributed by atoms with Crippen LogP contribution in [0.25, 0.3) is 0 Å². The summed E-state index contributed by atoms with van der Waals surface area (Å²) in [5.74, 6) is 0.373. The molecule has 26 heavy (non-hydrogen) atoms. The van der Waals surface area contributed by atoms with Crippen molar-refractivity contribution in [2.45, 2.75) is 89.8 Å². The molecule has 0 bridgehead atoms. The Hall–Kier alpha value is -1.13. The molecule has 1 aliphatic carbocycles. The maximum absolute atomic E-state index is 11.1. The van der Waals surface area contributed by atoms with E-state index in [4.69, 9.17) is 0 Å². The van der Waals surface area contributed by atoms with E-state index in [-0.39, 0.29) is 18.0 Å². The van der Waals surface area contributed by atoms with Crippen LogP contribution in [0.3, 0.4) is 0 Å². The molecule has 150 valence electrons. The van der Waals surface area contributed by atoms with Gasteiger partial charge in [-0.05, 0) is 57.3 Å². The van der Waals surface area contributed by atoms with Crippen molar-refractivity contribution in [3.05, 3.63) is 24.3 Å². The quantitative estimate of drug-likeness (QED) is 0.302. The standard InChI is InChI=1S/C22H38O4/c1-4-5-10-16-22(2,25)17-15-18-13-14-20(23)19(18)11-8-6-7-9-12-21(24)26-3/h6,8,15,17-20,23,25H,4-5,7,9-14,16H2,1-3H3. The smallest absolute Gasteiger partial charge is 0.305 e. The maximum Gasteiger partial charge on any atom is 0.305 e. The van der Waals surface area contributed by atoms with Gasteiger partial charge in [0.05, 0.1) is 18.8 Å². The number of aliphatic hydroxyl groups is 2. The van der Waals surface area contributed by atoms with E-state index in [9.17, 15) is 15.0 Å². The highest BCUT2D eigenvalue weighted by atomic mass is 16.5. The van der Waals surface area contributed by atoms with Crippen molar-refractivity contribution in [1.82, 2.24) is 0 Å². The van der Waals surface area contributed by atoms with Crippen LogP contribution in [0.5, 0.6) is 0 Å². The molecule has 1 saturated carbocycles. The van der Waals surface area contributed by atoms with Crippen LogP contribution in [0, 0.1) is 11.8 Å². The maximum atomic E-state index is 11.1. The van der Waals surface area contributed by atoms with E-state index < -0.39 is 5.60 Å².